The van der Waals surface area contributed by atoms with Crippen LogP contribution in [0.4, 0.5) is 5.69 Å². The number of halogens is 1. The van der Waals surface area contributed by atoms with Crippen molar-refractivity contribution in [2.24, 2.45) is 0 Å². The summed E-state index contributed by atoms with van der Waals surface area (Å²) in [5, 5.41) is 9.63. The summed E-state index contributed by atoms with van der Waals surface area (Å²) >= 11 is 3.58. The molecule has 112 valence electrons. The first-order chi connectivity index (χ1) is 10.0. The Bertz CT molecular complexity index is 613. The minimum atomic E-state index is -0.463. The Morgan fingerprint density at radius 3 is 2.57 bits per heavy atom. The van der Waals surface area contributed by atoms with Gasteiger partial charge in [0.05, 0.1) is 18.9 Å². The maximum Gasteiger partial charge on any atom is 0.123 e. The summed E-state index contributed by atoms with van der Waals surface area (Å²) in [4.78, 5) is 2.15. The van der Waals surface area contributed by atoms with Crippen LogP contribution in [-0.4, -0.2) is 19.3 Å². The highest BCUT2D eigenvalue weighted by Gasteiger charge is 2.11. The van der Waals surface area contributed by atoms with E-state index in [1.807, 2.05) is 43.4 Å². The zero-order chi connectivity index (χ0) is 15.4. The first-order valence-electron chi connectivity index (χ1n) is 6.83. The van der Waals surface area contributed by atoms with Crippen molar-refractivity contribution in [3.63, 3.8) is 0 Å². The van der Waals surface area contributed by atoms with Gasteiger partial charge in [0.25, 0.3) is 0 Å². The summed E-state index contributed by atoms with van der Waals surface area (Å²) in [6, 6.07) is 13.9. The molecule has 0 fully saturated rings. The highest BCUT2D eigenvalue weighted by Crippen LogP contribution is 2.30. The fourth-order valence-corrected chi connectivity index (χ4v) is 2.97. The van der Waals surface area contributed by atoms with E-state index in [-0.39, 0.29) is 0 Å². The van der Waals surface area contributed by atoms with Crippen molar-refractivity contribution in [3.8, 4) is 5.75 Å². The number of methoxy groups -OCH3 is 1. The molecular formula is C17H20BrNO2. The quantitative estimate of drug-likeness (QED) is 0.880. The SMILES string of the molecule is COc1ccccc1CN(C)c1ccc([C@@H](C)O)cc1Br. The van der Waals surface area contributed by atoms with E-state index in [1.165, 1.54) is 0 Å². The first kappa shape index (κ1) is 15.9. The number of aliphatic hydroxyl groups is 1. The van der Waals surface area contributed by atoms with Crippen LogP contribution in [0.15, 0.2) is 46.9 Å². The van der Waals surface area contributed by atoms with E-state index in [0.29, 0.717) is 0 Å². The smallest absolute Gasteiger partial charge is 0.123 e. The van der Waals surface area contributed by atoms with Crippen molar-refractivity contribution in [1.29, 1.82) is 0 Å². The Hall–Kier alpha value is -1.52. The Morgan fingerprint density at radius 1 is 1.24 bits per heavy atom. The van der Waals surface area contributed by atoms with Crippen molar-refractivity contribution >= 4 is 21.6 Å². The van der Waals surface area contributed by atoms with Crippen LogP contribution in [0.1, 0.15) is 24.2 Å². The van der Waals surface area contributed by atoms with E-state index in [9.17, 15) is 5.11 Å². The highest BCUT2D eigenvalue weighted by atomic mass is 79.9. The molecule has 0 saturated carbocycles. The molecule has 0 heterocycles. The summed E-state index contributed by atoms with van der Waals surface area (Å²) in [6.07, 6.45) is -0.463. The lowest BCUT2D eigenvalue weighted by Crippen LogP contribution is -2.17. The molecule has 21 heavy (non-hydrogen) atoms. The van der Waals surface area contributed by atoms with Gasteiger partial charge in [-0.1, -0.05) is 24.3 Å². The number of aliphatic hydroxyl groups excluding tert-OH is 1. The van der Waals surface area contributed by atoms with Crippen LogP contribution >= 0.6 is 15.9 Å². The monoisotopic (exact) mass is 349 g/mol. The summed E-state index contributed by atoms with van der Waals surface area (Å²) in [7, 11) is 3.72. The summed E-state index contributed by atoms with van der Waals surface area (Å²) in [6.45, 7) is 2.51. The average Bonchev–Trinajstić information content (AvgIpc) is 2.47. The second kappa shape index (κ2) is 6.96. The van der Waals surface area contributed by atoms with Crippen molar-refractivity contribution in [3.05, 3.63) is 58.1 Å². The zero-order valence-corrected chi connectivity index (χ0v) is 14.1. The number of benzene rings is 2. The molecule has 3 nitrogen and oxygen atoms in total. The average molecular weight is 350 g/mol. The molecule has 0 aliphatic rings. The Balaban J connectivity index is 2.22. The van der Waals surface area contributed by atoms with E-state index in [1.54, 1.807) is 14.0 Å². The number of para-hydroxylation sites is 1. The van der Waals surface area contributed by atoms with Crippen LogP contribution < -0.4 is 9.64 Å². The third-order valence-corrected chi connectivity index (χ3v) is 4.10. The largest absolute Gasteiger partial charge is 0.496 e. The zero-order valence-electron chi connectivity index (χ0n) is 12.5. The van der Waals surface area contributed by atoms with Crippen molar-refractivity contribution in [1.82, 2.24) is 0 Å². The Labute approximate surface area is 134 Å². The summed E-state index contributed by atoms with van der Waals surface area (Å²) in [5.74, 6) is 0.890. The molecule has 1 atom stereocenters. The van der Waals surface area contributed by atoms with Gasteiger partial charge in [0.2, 0.25) is 0 Å². The molecule has 0 amide bonds. The Kier molecular flexibility index (Phi) is 5.26. The van der Waals surface area contributed by atoms with Crippen LogP contribution in [0.3, 0.4) is 0 Å². The second-order valence-corrected chi connectivity index (χ2v) is 5.91. The molecule has 0 unspecified atom stereocenters. The molecule has 2 aromatic rings. The third-order valence-electron chi connectivity index (χ3n) is 3.47. The molecule has 0 aliphatic heterocycles. The standard InChI is InChI=1S/C17H20BrNO2/c1-12(20)13-8-9-16(15(18)10-13)19(2)11-14-6-4-5-7-17(14)21-3/h4-10,12,20H,11H2,1-3H3/t12-/m1/s1. The lowest BCUT2D eigenvalue weighted by Gasteiger charge is -2.22. The van der Waals surface area contributed by atoms with Gasteiger partial charge in [-0.15, -0.1) is 0 Å². The molecule has 2 aromatic carbocycles. The topological polar surface area (TPSA) is 32.7 Å². The summed E-state index contributed by atoms with van der Waals surface area (Å²) < 4.78 is 6.36. The predicted octanol–water partition coefficient (Wildman–Crippen LogP) is 4.15. The molecular weight excluding hydrogens is 330 g/mol. The molecule has 0 spiro atoms. The van der Waals surface area contributed by atoms with Crippen LogP contribution in [0, 0.1) is 0 Å². The lowest BCUT2D eigenvalue weighted by atomic mass is 10.1. The minimum absolute atomic E-state index is 0.463. The van der Waals surface area contributed by atoms with Crippen molar-refractivity contribution in [2.45, 2.75) is 19.6 Å². The number of hydrogen-bond donors (Lipinski definition) is 1. The number of nitrogens with zero attached hydrogens (tertiary/aromatic N) is 1. The normalized spacial score (nSPS) is 12.0. The van der Waals surface area contributed by atoms with Crippen LogP contribution in [0.25, 0.3) is 0 Å². The van der Waals surface area contributed by atoms with Crippen molar-refractivity contribution < 1.29 is 9.84 Å². The third kappa shape index (κ3) is 3.77. The molecule has 4 heteroatoms. The number of anilines is 1. The molecule has 1 N–H and O–H groups in total. The van der Waals surface area contributed by atoms with Crippen LogP contribution in [0.5, 0.6) is 5.75 Å². The molecule has 0 bridgehead atoms. The number of hydrogen-bond acceptors (Lipinski definition) is 3. The van der Waals surface area contributed by atoms with E-state index in [2.05, 4.69) is 26.9 Å². The summed E-state index contributed by atoms with van der Waals surface area (Å²) in [5.41, 5.74) is 3.11. The molecule has 0 saturated heterocycles. The second-order valence-electron chi connectivity index (χ2n) is 5.05. The predicted molar refractivity (Wildman–Crippen MR) is 89.9 cm³/mol. The highest BCUT2D eigenvalue weighted by molar-refractivity contribution is 9.10. The van der Waals surface area contributed by atoms with Gasteiger partial charge in [-0.3, -0.25) is 0 Å². The van der Waals surface area contributed by atoms with Gasteiger partial charge in [-0.05, 0) is 46.6 Å². The lowest BCUT2D eigenvalue weighted by molar-refractivity contribution is 0.199. The van der Waals surface area contributed by atoms with Gasteiger partial charge >= 0.3 is 0 Å². The Morgan fingerprint density at radius 2 is 1.95 bits per heavy atom. The van der Waals surface area contributed by atoms with Gasteiger partial charge < -0.3 is 14.7 Å². The number of rotatable bonds is 5. The van der Waals surface area contributed by atoms with Gasteiger partial charge in [-0.25, -0.2) is 0 Å². The minimum Gasteiger partial charge on any atom is -0.496 e. The first-order valence-corrected chi connectivity index (χ1v) is 7.62. The van der Waals surface area contributed by atoms with Gasteiger partial charge in [0.1, 0.15) is 5.75 Å². The van der Waals surface area contributed by atoms with Crippen molar-refractivity contribution in [2.75, 3.05) is 19.1 Å². The fourth-order valence-electron chi connectivity index (χ4n) is 2.27. The number of ether oxygens (including phenoxy) is 1. The van der Waals surface area contributed by atoms with E-state index < -0.39 is 6.10 Å². The molecule has 0 aliphatic carbocycles. The van der Waals surface area contributed by atoms with E-state index >= 15 is 0 Å². The molecule has 2 rings (SSSR count). The van der Waals surface area contributed by atoms with Gasteiger partial charge in [-0.2, -0.15) is 0 Å². The van der Waals surface area contributed by atoms with Crippen LogP contribution in [-0.2, 0) is 6.54 Å². The maximum atomic E-state index is 9.63. The van der Waals surface area contributed by atoms with Gasteiger partial charge in [0.15, 0.2) is 0 Å². The fraction of sp³-hybridized carbons (Fsp3) is 0.294. The molecule has 0 aromatic heterocycles. The maximum absolute atomic E-state index is 9.63. The van der Waals surface area contributed by atoms with Crippen LogP contribution in [0.2, 0.25) is 0 Å². The molecule has 0 radical (unpaired) electrons. The van der Waals surface area contributed by atoms with E-state index in [0.717, 1.165) is 33.6 Å². The van der Waals surface area contributed by atoms with Gasteiger partial charge in [0, 0.05) is 23.6 Å². The van der Waals surface area contributed by atoms with E-state index in [4.69, 9.17) is 4.74 Å².